The zero-order chi connectivity index (χ0) is 18.8. The van der Waals surface area contributed by atoms with E-state index in [-0.39, 0.29) is 27.3 Å². The lowest BCUT2D eigenvalue weighted by Gasteiger charge is -2.04. The number of carbonyl (C=O) groups excluding carboxylic acids is 1. The van der Waals surface area contributed by atoms with E-state index in [1.165, 1.54) is 25.3 Å². The van der Waals surface area contributed by atoms with Crippen molar-refractivity contribution in [2.45, 2.75) is 24.7 Å². The Bertz CT molecular complexity index is 920. The van der Waals surface area contributed by atoms with Gasteiger partial charge in [0.2, 0.25) is 0 Å². The van der Waals surface area contributed by atoms with Gasteiger partial charge in [-0.05, 0) is 12.0 Å². The van der Waals surface area contributed by atoms with Gasteiger partial charge >= 0.3 is 5.97 Å². The number of nitro groups is 1. The molecule has 25 heavy (non-hydrogen) atoms. The van der Waals surface area contributed by atoms with E-state index in [2.05, 4.69) is 14.4 Å². The highest BCUT2D eigenvalue weighted by Crippen LogP contribution is 2.31. The van der Waals surface area contributed by atoms with Crippen LogP contribution in [0.4, 0.5) is 10.8 Å². The van der Waals surface area contributed by atoms with Crippen LogP contribution in [0, 0.1) is 10.1 Å². The van der Waals surface area contributed by atoms with Crippen molar-refractivity contribution in [3.05, 3.63) is 45.0 Å². The number of methoxy groups -OCH3 is 1. The Hall–Kier alpha value is -2.53. The van der Waals surface area contributed by atoms with Crippen molar-refractivity contribution in [2.75, 3.05) is 11.8 Å². The number of hydrogen-bond donors (Lipinski definition) is 1. The van der Waals surface area contributed by atoms with Crippen molar-refractivity contribution in [3.63, 3.8) is 0 Å². The highest BCUT2D eigenvalue weighted by molar-refractivity contribution is 7.93. The van der Waals surface area contributed by atoms with Crippen LogP contribution in [-0.2, 0) is 14.8 Å². The molecule has 0 radical (unpaired) electrons. The van der Waals surface area contributed by atoms with E-state index >= 15 is 0 Å². The number of nitrogens with zero attached hydrogens (tertiary/aromatic N) is 2. The average molecular weight is 385 g/mol. The molecule has 0 aliphatic heterocycles. The maximum atomic E-state index is 12.4. The van der Waals surface area contributed by atoms with Gasteiger partial charge in [-0.3, -0.25) is 14.8 Å². The van der Waals surface area contributed by atoms with Crippen molar-refractivity contribution >= 4 is 38.1 Å². The average Bonchev–Trinajstić information content (AvgIpc) is 2.97. The molecule has 0 aliphatic carbocycles. The zero-order valence-corrected chi connectivity index (χ0v) is 15.2. The minimum atomic E-state index is -4.09. The van der Waals surface area contributed by atoms with E-state index in [1.54, 1.807) is 0 Å². The summed E-state index contributed by atoms with van der Waals surface area (Å²) in [7, 11) is -2.88. The molecular weight excluding hydrogens is 370 g/mol. The monoisotopic (exact) mass is 385 g/mol. The summed E-state index contributed by atoms with van der Waals surface area (Å²) in [6, 6.07) is 4.64. The Balaban J connectivity index is 2.40. The van der Waals surface area contributed by atoms with Crippen molar-refractivity contribution in [1.82, 2.24) is 4.98 Å². The Kier molecular flexibility index (Phi) is 5.38. The van der Waals surface area contributed by atoms with Gasteiger partial charge in [-0.15, -0.1) is 0 Å². The summed E-state index contributed by atoms with van der Waals surface area (Å²) in [5, 5.41) is 10.8. The van der Waals surface area contributed by atoms with Crippen LogP contribution in [0.1, 0.15) is 35.1 Å². The first-order valence-corrected chi connectivity index (χ1v) is 9.32. The molecule has 1 N–H and O–H groups in total. The summed E-state index contributed by atoms with van der Waals surface area (Å²) < 4.78 is 31.7. The number of thiazole rings is 1. The second-order valence-corrected chi connectivity index (χ2v) is 7.95. The molecule has 1 aromatic heterocycles. The maximum absolute atomic E-state index is 12.4. The van der Waals surface area contributed by atoms with Crippen LogP contribution in [0.2, 0.25) is 0 Å². The van der Waals surface area contributed by atoms with E-state index < -0.39 is 20.9 Å². The van der Waals surface area contributed by atoms with Crippen LogP contribution in [0.15, 0.2) is 29.2 Å². The number of aromatic nitrogens is 1. The molecule has 1 aromatic carbocycles. The molecule has 0 amide bonds. The molecule has 0 bridgehead atoms. The van der Waals surface area contributed by atoms with Gasteiger partial charge in [-0.25, -0.2) is 18.2 Å². The first-order valence-electron chi connectivity index (χ1n) is 7.02. The maximum Gasteiger partial charge on any atom is 0.357 e. The number of anilines is 1. The first kappa shape index (κ1) is 18.8. The standard InChI is InChI=1S/C14H15N3O6S2/c1-8(2)12-11(13(18)23-3)15-14(24-12)16-25(21,22)10-6-4-5-9(7-10)17(19)20/h4-8H,1-3H3,(H,15,16). The Morgan fingerprint density at radius 3 is 2.64 bits per heavy atom. The summed E-state index contributed by atoms with van der Waals surface area (Å²) in [5.74, 6) is -0.733. The van der Waals surface area contributed by atoms with Crippen molar-refractivity contribution in [3.8, 4) is 0 Å². The number of rotatable bonds is 6. The molecule has 1 heterocycles. The number of nitro benzene ring substituents is 1. The lowest BCUT2D eigenvalue weighted by Crippen LogP contribution is -2.13. The molecule has 2 rings (SSSR count). The molecule has 0 atom stereocenters. The summed E-state index contributed by atoms with van der Waals surface area (Å²) in [6.45, 7) is 3.66. The van der Waals surface area contributed by atoms with Gasteiger partial charge in [-0.2, -0.15) is 0 Å². The topological polar surface area (TPSA) is 128 Å². The molecule has 0 fully saturated rings. The molecule has 0 spiro atoms. The van der Waals surface area contributed by atoms with Crippen LogP contribution in [-0.4, -0.2) is 31.4 Å². The van der Waals surface area contributed by atoms with Gasteiger partial charge in [0.25, 0.3) is 15.7 Å². The Morgan fingerprint density at radius 1 is 1.40 bits per heavy atom. The van der Waals surface area contributed by atoms with Crippen molar-refractivity contribution < 1.29 is 22.9 Å². The lowest BCUT2D eigenvalue weighted by molar-refractivity contribution is -0.385. The fourth-order valence-corrected chi connectivity index (χ4v) is 4.18. The number of hydrogen-bond acceptors (Lipinski definition) is 8. The fourth-order valence-electron chi connectivity index (χ4n) is 1.95. The van der Waals surface area contributed by atoms with Crippen molar-refractivity contribution in [1.29, 1.82) is 0 Å². The lowest BCUT2D eigenvalue weighted by atomic mass is 10.1. The van der Waals surface area contributed by atoms with Gasteiger partial charge in [0, 0.05) is 17.0 Å². The third-order valence-corrected chi connectivity index (χ3v) is 5.85. The zero-order valence-electron chi connectivity index (χ0n) is 13.5. The van der Waals surface area contributed by atoms with Crippen LogP contribution >= 0.6 is 11.3 Å². The highest BCUT2D eigenvalue weighted by Gasteiger charge is 2.24. The van der Waals surface area contributed by atoms with Gasteiger partial charge in [0.05, 0.1) is 16.9 Å². The van der Waals surface area contributed by atoms with E-state index in [9.17, 15) is 23.3 Å². The van der Waals surface area contributed by atoms with E-state index in [4.69, 9.17) is 0 Å². The van der Waals surface area contributed by atoms with Gasteiger partial charge in [0.1, 0.15) is 0 Å². The fraction of sp³-hybridized carbons (Fsp3) is 0.286. The Morgan fingerprint density at radius 2 is 2.08 bits per heavy atom. The van der Waals surface area contributed by atoms with Crippen LogP contribution in [0.3, 0.4) is 0 Å². The van der Waals surface area contributed by atoms with E-state index in [0.717, 1.165) is 17.4 Å². The largest absolute Gasteiger partial charge is 0.464 e. The molecule has 9 nitrogen and oxygen atoms in total. The molecule has 0 unspecified atom stereocenters. The molecule has 0 aliphatic rings. The summed E-state index contributed by atoms with van der Waals surface area (Å²) in [6.07, 6.45) is 0. The molecule has 0 saturated carbocycles. The SMILES string of the molecule is COC(=O)c1nc(NS(=O)(=O)c2cccc([N+](=O)[O-])c2)sc1C(C)C. The predicted molar refractivity (Wildman–Crippen MR) is 91.4 cm³/mol. The molecule has 0 saturated heterocycles. The van der Waals surface area contributed by atoms with Crippen LogP contribution in [0.5, 0.6) is 0 Å². The normalized spacial score (nSPS) is 11.4. The second kappa shape index (κ2) is 7.15. The van der Waals surface area contributed by atoms with Gasteiger partial charge in [0.15, 0.2) is 10.8 Å². The number of ether oxygens (including phenoxy) is 1. The number of sulfonamides is 1. The number of benzene rings is 1. The third-order valence-electron chi connectivity index (χ3n) is 3.12. The number of carbonyl (C=O) groups is 1. The summed E-state index contributed by atoms with van der Waals surface area (Å²) >= 11 is 1.01. The number of non-ortho nitro benzene ring substituents is 1. The van der Waals surface area contributed by atoms with Crippen LogP contribution < -0.4 is 4.72 Å². The highest BCUT2D eigenvalue weighted by atomic mass is 32.2. The molecule has 2 aromatic rings. The van der Waals surface area contributed by atoms with Crippen LogP contribution in [0.25, 0.3) is 0 Å². The molecular formula is C14H15N3O6S2. The minimum Gasteiger partial charge on any atom is -0.464 e. The number of esters is 1. The molecule has 11 heteroatoms. The number of nitrogens with one attached hydrogen (secondary N) is 1. The van der Waals surface area contributed by atoms with E-state index in [1.807, 2.05) is 13.8 Å². The minimum absolute atomic E-state index is 0.0180. The van der Waals surface area contributed by atoms with Gasteiger partial charge in [-0.1, -0.05) is 31.3 Å². The first-order chi connectivity index (χ1) is 11.7. The third kappa shape index (κ3) is 4.12. The van der Waals surface area contributed by atoms with Crippen molar-refractivity contribution in [2.24, 2.45) is 0 Å². The summed E-state index contributed by atoms with van der Waals surface area (Å²) in [5.41, 5.74) is -0.306. The van der Waals surface area contributed by atoms with Gasteiger partial charge < -0.3 is 4.74 Å². The van der Waals surface area contributed by atoms with E-state index in [0.29, 0.717) is 4.88 Å². The summed E-state index contributed by atoms with van der Waals surface area (Å²) in [4.78, 5) is 26.2. The molecule has 134 valence electrons. The smallest absolute Gasteiger partial charge is 0.357 e. The Labute approximate surface area is 147 Å². The second-order valence-electron chi connectivity index (χ2n) is 5.24. The predicted octanol–water partition coefficient (Wildman–Crippen LogP) is 2.76. The quantitative estimate of drug-likeness (QED) is 0.460.